The lowest BCUT2D eigenvalue weighted by Gasteiger charge is -2.11. The first-order chi connectivity index (χ1) is 14.1. The number of amides is 1. The first-order valence-corrected chi connectivity index (χ1v) is 10.2. The average molecular weight is 441 g/mol. The number of benzene rings is 2. The maximum absolute atomic E-state index is 12.8. The van der Waals surface area contributed by atoms with E-state index in [0.717, 1.165) is 18.2 Å². The number of hydrogen-bond donors (Lipinski definition) is 2. The number of sulfonamides is 1. The van der Waals surface area contributed by atoms with Crippen molar-refractivity contribution in [2.24, 2.45) is 0 Å². The molecule has 0 saturated carbocycles. The molecule has 1 amide bonds. The second-order valence-corrected chi connectivity index (χ2v) is 7.80. The molecule has 0 aromatic heterocycles. The highest BCUT2D eigenvalue weighted by molar-refractivity contribution is 7.89. The molecule has 2 aromatic rings. The van der Waals surface area contributed by atoms with Crippen molar-refractivity contribution in [2.45, 2.75) is 23.9 Å². The number of nitriles is 1. The van der Waals surface area contributed by atoms with Gasteiger partial charge in [0.05, 0.1) is 29.7 Å². The molecular weight excluding hydrogens is 423 g/mol. The summed E-state index contributed by atoms with van der Waals surface area (Å²) in [6.45, 7) is -0.354. The van der Waals surface area contributed by atoms with Crippen LogP contribution in [0.2, 0.25) is 0 Å². The summed E-state index contributed by atoms with van der Waals surface area (Å²) in [7, 11) is -4.32. The van der Waals surface area contributed by atoms with Crippen molar-refractivity contribution in [3.63, 3.8) is 0 Å². The second kappa shape index (κ2) is 10.1. The minimum Gasteiger partial charge on any atom is -0.493 e. The standard InChI is InChI=1S/C19H18F3N3O4S/c20-19(21,22)14-5-3-8-17(11-14)30(27,28)24-13-18(26)25-15-6-4-7-16(12-15)29-10-2-1-9-23/h3-8,11-12,24H,1-2,10,13H2,(H,25,26). The summed E-state index contributed by atoms with van der Waals surface area (Å²) in [5.41, 5.74) is -0.766. The summed E-state index contributed by atoms with van der Waals surface area (Å²) in [6.07, 6.45) is -3.79. The Hall–Kier alpha value is -3.10. The number of hydrogen-bond acceptors (Lipinski definition) is 5. The highest BCUT2D eigenvalue weighted by Gasteiger charge is 2.31. The van der Waals surface area contributed by atoms with Crippen molar-refractivity contribution < 1.29 is 31.1 Å². The molecule has 0 aliphatic heterocycles. The van der Waals surface area contributed by atoms with Crippen LogP contribution in [-0.2, 0) is 21.0 Å². The van der Waals surface area contributed by atoms with Gasteiger partial charge in [-0.05, 0) is 36.8 Å². The van der Waals surface area contributed by atoms with Crippen LogP contribution in [0, 0.1) is 11.3 Å². The molecule has 2 rings (SSSR count). The van der Waals surface area contributed by atoms with Crippen LogP contribution in [0.1, 0.15) is 18.4 Å². The molecule has 0 aliphatic rings. The SMILES string of the molecule is N#CCCCOc1cccc(NC(=O)CNS(=O)(=O)c2cccc(C(F)(F)F)c2)c1. The van der Waals surface area contributed by atoms with Crippen LogP contribution in [0.3, 0.4) is 0 Å². The number of unbranched alkanes of at least 4 members (excludes halogenated alkanes) is 1. The van der Waals surface area contributed by atoms with E-state index in [-0.39, 0.29) is 0 Å². The van der Waals surface area contributed by atoms with Gasteiger partial charge in [-0.15, -0.1) is 0 Å². The van der Waals surface area contributed by atoms with Crippen LogP contribution < -0.4 is 14.8 Å². The third-order valence-corrected chi connectivity index (χ3v) is 5.11. The number of carbonyl (C=O) groups is 1. The minimum atomic E-state index is -4.69. The first-order valence-electron chi connectivity index (χ1n) is 8.68. The number of carbonyl (C=O) groups excluding carboxylic acids is 1. The molecule has 0 saturated heterocycles. The summed E-state index contributed by atoms with van der Waals surface area (Å²) < 4.78 is 70.1. The molecule has 0 spiro atoms. The van der Waals surface area contributed by atoms with Crippen LogP contribution in [-0.4, -0.2) is 27.5 Å². The van der Waals surface area contributed by atoms with E-state index in [1.165, 1.54) is 6.07 Å². The Bertz CT molecular complexity index is 1030. The molecule has 0 radical (unpaired) electrons. The van der Waals surface area contributed by atoms with Crippen LogP contribution in [0.5, 0.6) is 5.75 Å². The summed E-state index contributed by atoms with van der Waals surface area (Å²) in [5, 5.41) is 10.9. The fourth-order valence-electron chi connectivity index (χ4n) is 2.29. The summed E-state index contributed by atoms with van der Waals surface area (Å²) in [4.78, 5) is 11.4. The number of halogens is 3. The number of nitrogens with one attached hydrogen (secondary N) is 2. The second-order valence-electron chi connectivity index (χ2n) is 6.04. The minimum absolute atomic E-state index is 0.321. The van der Waals surface area contributed by atoms with Gasteiger partial charge in [0, 0.05) is 18.2 Å². The maximum Gasteiger partial charge on any atom is 0.416 e. The van der Waals surface area contributed by atoms with Crippen molar-refractivity contribution in [1.29, 1.82) is 5.26 Å². The molecule has 0 bridgehead atoms. The molecule has 0 unspecified atom stereocenters. The third-order valence-electron chi connectivity index (χ3n) is 3.71. The van der Waals surface area contributed by atoms with Crippen LogP contribution >= 0.6 is 0 Å². The van der Waals surface area contributed by atoms with E-state index in [2.05, 4.69) is 5.32 Å². The zero-order valence-corrected chi connectivity index (χ0v) is 16.4. The predicted molar refractivity (Wildman–Crippen MR) is 102 cm³/mol. The van der Waals surface area contributed by atoms with Gasteiger partial charge in [-0.1, -0.05) is 12.1 Å². The summed E-state index contributed by atoms with van der Waals surface area (Å²) in [6, 6.07) is 11.6. The molecule has 0 heterocycles. The Morgan fingerprint density at radius 1 is 1.13 bits per heavy atom. The number of alkyl halides is 3. The molecule has 30 heavy (non-hydrogen) atoms. The van der Waals surface area contributed by atoms with E-state index in [1.807, 2.05) is 10.8 Å². The Labute approximate surface area is 171 Å². The molecule has 2 N–H and O–H groups in total. The van der Waals surface area contributed by atoms with E-state index in [4.69, 9.17) is 10.00 Å². The van der Waals surface area contributed by atoms with Gasteiger partial charge in [0.15, 0.2) is 0 Å². The van der Waals surface area contributed by atoms with Gasteiger partial charge in [0.25, 0.3) is 0 Å². The summed E-state index contributed by atoms with van der Waals surface area (Å²) >= 11 is 0. The van der Waals surface area contributed by atoms with E-state index >= 15 is 0 Å². The zero-order valence-electron chi connectivity index (χ0n) is 15.6. The Morgan fingerprint density at radius 3 is 2.57 bits per heavy atom. The Morgan fingerprint density at radius 2 is 1.87 bits per heavy atom. The van der Waals surface area contributed by atoms with Gasteiger partial charge in [0.1, 0.15) is 5.75 Å². The van der Waals surface area contributed by atoms with Crippen molar-refractivity contribution in [3.8, 4) is 11.8 Å². The number of anilines is 1. The van der Waals surface area contributed by atoms with Crippen LogP contribution in [0.25, 0.3) is 0 Å². The van der Waals surface area contributed by atoms with Crippen molar-refractivity contribution >= 4 is 21.6 Å². The Balaban J connectivity index is 1.95. The van der Waals surface area contributed by atoms with Crippen molar-refractivity contribution in [2.75, 3.05) is 18.5 Å². The molecule has 11 heteroatoms. The van der Waals surface area contributed by atoms with E-state index in [0.29, 0.717) is 37.0 Å². The third kappa shape index (κ3) is 7.06. The maximum atomic E-state index is 12.8. The highest BCUT2D eigenvalue weighted by atomic mass is 32.2. The molecule has 160 valence electrons. The topological polar surface area (TPSA) is 108 Å². The van der Waals surface area contributed by atoms with Gasteiger partial charge < -0.3 is 10.1 Å². The van der Waals surface area contributed by atoms with Crippen molar-refractivity contribution in [1.82, 2.24) is 4.72 Å². The number of rotatable bonds is 9. The van der Waals surface area contributed by atoms with Gasteiger partial charge in [0.2, 0.25) is 15.9 Å². The van der Waals surface area contributed by atoms with E-state index < -0.39 is 39.1 Å². The van der Waals surface area contributed by atoms with Gasteiger partial charge in [-0.25, -0.2) is 13.1 Å². The van der Waals surface area contributed by atoms with Crippen LogP contribution in [0.15, 0.2) is 53.4 Å². The quantitative estimate of drug-likeness (QED) is 0.581. The largest absolute Gasteiger partial charge is 0.493 e. The fourth-order valence-corrected chi connectivity index (χ4v) is 3.32. The van der Waals surface area contributed by atoms with E-state index in [9.17, 15) is 26.4 Å². The van der Waals surface area contributed by atoms with Gasteiger partial charge in [-0.2, -0.15) is 18.4 Å². The lowest BCUT2D eigenvalue weighted by molar-refractivity contribution is -0.137. The Kier molecular flexibility index (Phi) is 7.79. The molecule has 2 aromatic carbocycles. The molecule has 7 nitrogen and oxygen atoms in total. The fraction of sp³-hybridized carbons (Fsp3) is 0.263. The lowest BCUT2D eigenvalue weighted by Crippen LogP contribution is -2.33. The van der Waals surface area contributed by atoms with Gasteiger partial charge in [-0.3, -0.25) is 4.79 Å². The highest BCUT2D eigenvalue weighted by Crippen LogP contribution is 2.30. The smallest absolute Gasteiger partial charge is 0.416 e. The van der Waals surface area contributed by atoms with Crippen LogP contribution in [0.4, 0.5) is 18.9 Å². The predicted octanol–water partition coefficient (Wildman–Crippen LogP) is 3.30. The number of ether oxygens (including phenoxy) is 1. The molecule has 0 aliphatic carbocycles. The monoisotopic (exact) mass is 441 g/mol. The van der Waals surface area contributed by atoms with Crippen molar-refractivity contribution in [3.05, 3.63) is 54.1 Å². The normalized spacial score (nSPS) is 11.5. The van der Waals surface area contributed by atoms with Gasteiger partial charge >= 0.3 is 6.18 Å². The zero-order chi connectivity index (χ0) is 22.2. The first kappa shape index (κ1) is 23.2. The molecule has 0 fully saturated rings. The average Bonchev–Trinajstić information content (AvgIpc) is 2.70. The summed E-state index contributed by atoms with van der Waals surface area (Å²) in [5.74, 6) is -0.262. The van der Waals surface area contributed by atoms with E-state index in [1.54, 1.807) is 18.2 Å². The number of nitrogens with zero attached hydrogens (tertiary/aromatic N) is 1. The lowest BCUT2D eigenvalue weighted by atomic mass is 10.2. The molecular formula is C19H18F3N3O4S. The molecule has 0 atom stereocenters.